The molecule has 2 unspecified atom stereocenters. The predicted octanol–water partition coefficient (Wildman–Crippen LogP) is 3.88. The Hall–Kier alpha value is -1.06. The first-order chi connectivity index (χ1) is 8.74. The molecule has 0 bridgehead atoms. The van der Waals surface area contributed by atoms with Crippen LogP contribution in [0, 0.1) is 0 Å². The molecule has 0 aliphatic carbocycles. The lowest BCUT2D eigenvalue weighted by Crippen LogP contribution is -2.36. The lowest BCUT2D eigenvalue weighted by Gasteiger charge is -2.19. The molecule has 3 heteroatoms. The summed E-state index contributed by atoms with van der Waals surface area (Å²) in [7, 11) is 0. The second-order valence-corrected chi connectivity index (χ2v) is 5.90. The molecule has 0 aliphatic heterocycles. The topological polar surface area (TPSA) is 25.2 Å². The molecule has 0 spiro atoms. The van der Waals surface area contributed by atoms with Gasteiger partial charge < -0.3 is 9.73 Å². The molecule has 2 atom stereocenters. The van der Waals surface area contributed by atoms with Crippen molar-refractivity contribution >= 4 is 11.3 Å². The zero-order chi connectivity index (χ0) is 12.8. The van der Waals surface area contributed by atoms with Crippen LogP contribution in [0.5, 0.6) is 0 Å². The smallest absolute Gasteiger partial charge is 0.103 e. The van der Waals surface area contributed by atoms with E-state index in [1.165, 1.54) is 4.88 Å². The van der Waals surface area contributed by atoms with Gasteiger partial charge in [-0.05, 0) is 50.3 Å². The first kappa shape index (κ1) is 13.4. The van der Waals surface area contributed by atoms with Crippen molar-refractivity contribution in [3.8, 4) is 0 Å². The van der Waals surface area contributed by atoms with Crippen LogP contribution >= 0.6 is 11.3 Å². The third-order valence-electron chi connectivity index (χ3n) is 3.06. The van der Waals surface area contributed by atoms with Crippen LogP contribution in [-0.4, -0.2) is 12.1 Å². The summed E-state index contributed by atoms with van der Waals surface area (Å²) in [6, 6.07) is 9.36. The fourth-order valence-corrected chi connectivity index (χ4v) is 3.01. The van der Waals surface area contributed by atoms with E-state index in [1.54, 1.807) is 6.26 Å². The van der Waals surface area contributed by atoms with Gasteiger partial charge in [0.15, 0.2) is 0 Å². The molecular weight excluding hydrogens is 242 g/mol. The Balaban J connectivity index is 1.68. The number of hydrogen-bond acceptors (Lipinski definition) is 3. The van der Waals surface area contributed by atoms with Gasteiger partial charge in [0.2, 0.25) is 0 Å². The summed E-state index contributed by atoms with van der Waals surface area (Å²) in [5, 5.41) is 5.79. The molecule has 0 saturated heterocycles. The summed E-state index contributed by atoms with van der Waals surface area (Å²) in [4.78, 5) is 1.45. The van der Waals surface area contributed by atoms with Gasteiger partial charge >= 0.3 is 0 Å². The maximum Gasteiger partial charge on any atom is 0.103 e. The largest absolute Gasteiger partial charge is 0.469 e. The zero-order valence-electron chi connectivity index (χ0n) is 11.1. The number of nitrogens with one attached hydrogen (secondary N) is 1. The van der Waals surface area contributed by atoms with E-state index >= 15 is 0 Å². The van der Waals surface area contributed by atoms with Crippen molar-refractivity contribution in [2.75, 3.05) is 0 Å². The SMILES string of the molecule is CC(CCc1ccco1)NC(C)Cc1cccs1. The highest BCUT2D eigenvalue weighted by Crippen LogP contribution is 2.12. The van der Waals surface area contributed by atoms with Crippen molar-refractivity contribution in [2.24, 2.45) is 0 Å². The molecule has 2 rings (SSSR count). The Morgan fingerprint density at radius 1 is 1.22 bits per heavy atom. The van der Waals surface area contributed by atoms with E-state index < -0.39 is 0 Å². The van der Waals surface area contributed by atoms with Crippen molar-refractivity contribution < 1.29 is 4.42 Å². The summed E-state index contributed by atoms with van der Waals surface area (Å²) in [5.41, 5.74) is 0. The second-order valence-electron chi connectivity index (χ2n) is 4.87. The molecule has 2 nitrogen and oxygen atoms in total. The lowest BCUT2D eigenvalue weighted by atomic mass is 10.1. The number of aryl methyl sites for hydroxylation is 1. The van der Waals surface area contributed by atoms with Gasteiger partial charge in [-0.25, -0.2) is 0 Å². The van der Waals surface area contributed by atoms with E-state index in [0.717, 1.165) is 25.0 Å². The number of hydrogen-bond donors (Lipinski definition) is 1. The fraction of sp³-hybridized carbons (Fsp3) is 0.467. The maximum absolute atomic E-state index is 5.35. The number of furan rings is 1. The van der Waals surface area contributed by atoms with Gasteiger partial charge in [0.1, 0.15) is 5.76 Å². The Kier molecular flexibility index (Phi) is 5.02. The quantitative estimate of drug-likeness (QED) is 0.820. The van der Waals surface area contributed by atoms with Crippen molar-refractivity contribution in [3.05, 3.63) is 46.5 Å². The lowest BCUT2D eigenvalue weighted by molar-refractivity contribution is 0.424. The monoisotopic (exact) mass is 263 g/mol. The Morgan fingerprint density at radius 3 is 2.78 bits per heavy atom. The predicted molar refractivity (Wildman–Crippen MR) is 77.1 cm³/mol. The maximum atomic E-state index is 5.35. The van der Waals surface area contributed by atoms with E-state index in [2.05, 4.69) is 36.7 Å². The summed E-state index contributed by atoms with van der Waals surface area (Å²) in [6.45, 7) is 4.50. The molecule has 18 heavy (non-hydrogen) atoms. The van der Waals surface area contributed by atoms with Crippen LogP contribution in [0.15, 0.2) is 40.3 Å². The summed E-state index contributed by atoms with van der Waals surface area (Å²) >= 11 is 1.83. The summed E-state index contributed by atoms with van der Waals surface area (Å²) in [5.74, 6) is 1.08. The second kappa shape index (κ2) is 6.76. The van der Waals surface area contributed by atoms with Crippen molar-refractivity contribution in [2.45, 2.75) is 45.2 Å². The van der Waals surface area contributed by atoms with Gasteiger partial charge in [0.05, 0.1) is 6.26 Å². The van der Waals surface area contributed by atoms with Crippen LogP contribution in [0.4, 0.5) is 0 Å². The van der Waals surface area contributed by atoms with Gasteiger partial charge in [-0.1, -0.05) is 6.07 Å². The van der Waals surface area contributed by atoms with Gasteiger partial charge in [-0.2, -0.15) is 0 Å². The Labute approximate surface area is 113 Å². The van der Waals surface area contributed by atoms with E-state index in [-0.39, 0.29) is 0 Å². The molecule has 0 amide bonds. The molecule has 0 radical (unpaired) electrons. The Bertz CT molecular complexity index is 421. The Morgan fingerprint density at radius 2 is 2.11 bits per heavy atom. The third-order valence-corrected chi connectivity index (χ3v) is 3.96. The molecule has 1 N–H and O–H groups in total. The highest BCUT2D eigenvalue weighted by molar-refractivity contribution is 7.09. The molecule has 0 fully saturated rings. The van der Waals surface area contributed by atoms with E-state index in [4.69, 9.17) is 4.42 Å². The third kappa shape index (κ3) is 4.31. The van der Waals surface area contributed by atoms with Gasteiger partial charge in [-0.15, -0.1) is 11.3 Å². The van der Waals surface area contributed by atoms with Crippen LogP contribution < -0.4 is 5.32 Å². The van der Waals surface area contributed by atoms with Crippen molar-refractivity contribution in [3.63, 3.8) is 0 Å². The minimum atomic E-state index is 0.519. The highest BCUT2D eigenvalue weighted by Gasteiger charge is 2.09. The molecular formula is C15H21NOS. The first-order valence-corrected chi connectivity index (χ1v) is 7.43. The minimum Gasteiger partial charge on any atom is -0.469 e. The highest BCUT2D eigenvalue weighted by atomic mass is 32.1. The molecule has 0 aromatic carbocycles. The number of rotatable bonds is 7. The van der Waals surface area contributed by atoms with Crippen LogP contribution in [0.3, 0.4) is 0 Å². The summed E-state index contributed by atoms with van der Waals surface area (Å²) in [6.07, 6.45) is 4.98. The normalized spacial score (nSPS) is 14.6. The molecule has 98 valence electrons. The van der Waals surface area contributed by atoms with Gasteiger partial charge in [0.25, 0.3) is 0 Å². The standard InChI is InChI=1S/C15H21NOS/c1-12(7-8-14-5-3-9-17-14)16-13(2)11-15-6-4-10-18-15/h3-6,9-10,12-13,16H,7-8,11H2,1-2H3. The van der Waals surface area contributed by atoms with Crippen molar-refractivity contribution in [1.29, 1.82) is 0 Å². The molecule has 2 aromatic rings. The van der Waals surface area contributed by atoms with Crippen LogP contribution in [-0.2, 0) is 12.8 Å². The zero-order valence-corrected chi connectivity index (χ0v) is 11.9. The average Bonchev–Trinajstić information content (AvgIpc) is 2.98. The van der Waals surface area contributed by atoms with E-state index in [0.29, 0.717) is 12.1 Å². The van der Waals surface area contributed by atoms with E-state index in [9.17, 15) is 0 Å². The van der Waals surface area contributed by atoms with Gasteiger partial charge in [-0.3, -0.25) is 0 Å². The summed E-state index contributed by atoms with van der Waals surface area (Å²) < 4.78 is 5.35. The minimum absolute atomic E-state index is 0.519. The molecule has 0 saturated carbocycles. The van der Waals surface area contributed by atoms with Gasteiger partial charge in [0, 0.05) is 23.4 Å². The van der Waals surface area contributed by atoms with E-state index in [1.807, 2.05) is 23.5 Å². The molecule has 0 aliphatic rings. The molecule has 2 aromatic heterocycles. The first-order valence-electron chi connectivity index (χ1n) is 6.55. The van der Waals surface area contributed by atoms with Crippen molar-refractivity contribution in [1.82, 2.24) is 5.32 Å². The van der Waals surface area contributed by atoms with Crippen LogP contribution in [0.25, 0.3) is 0 Å². The number of thiophene rings is 1. The average molecular weight is 263 g/mol. The fourth-order valence-electron chi connectivity index (χ4n) is 2.17. The molecule has 2 heterocycles. The van der Waals surface area contributed by atoms with Crippen LogP contribution in [0.2, 0.25) is 0 Å². The van der Waals surface area contributed by atoms with Crippen LogP contribution in [0.1, 0.15) is 30.9 Å².